The average molecular weight is 278 g/mol. The molecule has 0 spiro atoms. The molecule has 16 heavy (non-hydrogen) atoms. The van der Waals surface area contributed by atoms with Gasteiger partial charge in [-0.1, -0.05) is 6.07 Å². The minimum Gasteiger partial charge on any atom is -0.305 e. The molecule has 4 nitrogen and oxygen atoms in total. The minimum atomic E-state index is -0.268. The van der Waals surface area contributed by atoms with Crippen molar-refractivity contribution in [1.82, 2.24) is 9.97 Å². The molecule has 0 radical (unpaired) electrons. The summed E-state index contributed by atoms with van der Waals surface area (Å²) in [4.78, 5) is 19.7. The summed E-state index contributed by atoms with van der Waals surface area (Å²) >= 11 is 3.27. The second-order valence-electron chi connectivity index (χ2n) is 3.03. The van der Waals surface area contributed by atoms with E-state index < -0.39 is 0 Å². The first kappa shape index (κ1) is 10.8. The van der Waals surface area contributed by atoms with Gasteiger partial charge in [-0.3, -0.25) is 9.78 Å². The Hall–Kier alpha value is -1.75. The molecule has 2 aromatic rings. The standard InChI is InChI=1S/C11H8BrN3O/c12-8-4-5-10(14-7-8)15-11(16)9-3-1-2-6-13-9/h1-7H,(H,14,15,16). The van der Waals surface area contributed by atoms with Gasteiger partial charge >= 0.3 is 0 Å². The van der Waals surface area contributed by atoms with E-state index in [0.717, 1.165) is 4.47 Å². The maximum absolute atomic E-state index is 11.7. The molecule has 80 valence electrons. The number of amides is 1. The summed E-state index contributed by atoms with van der Waals surface area (Å²) < 4.78 is 0.864. The fraction of sp³-hybridized carbons (Fsp3) is 0. The molecule has 0 unspecified atom stereocenters. The van der Waals surface area contributed by atoms with E-state index in [0.29, 0.717) is 11.5 Å². The Bertz CT molecular complexity index is 484. The molecule has 0 atom stereocenters. The van der Waals surface area contributed by atoms with Crippen LogP contribution in [0.2, 0.25) is 0 Å². The van der Waals surface area contributed by atoms with Crippen molar-refractivity contribution in [1.29, 1.82) is 0 Å². The molecule has 5 heteroatoms. The normalized spacial score (nSPS) is 9.81. The number of halogens is 1. The highest BCUT2D eigenvalue weighted by Crippen LogP contribution is 2.11. The summed E-state index contributed by atoms with van der Waals surface area (Å²) in [5.41, 5.74) is 0.368. The van der Waals surface area contributed by atoms with Crippen molar-refractivity contribution in [2.24, 2.45) is 0 Å². The Labute approximate surface area is 101 Å². The number of anilines is 1. The van der Waals surface area contributed by atoms with Gasteiger partial charge in [0.2, 0.25) is 0 Å². The van der Waals surface area contributed by atoms with Crippen LogP contribution in [0.3, 0.4) is 0 Å². The van der Waals surface area contributed by atoms with Gasteiger partial charge in [-0.25, -0.2) is 4.98 Å². The molecule has 1 amide bonds. The highest BCUT2D eigenvalue weighted by atomic mass is 79.9. The molecule has 1 N–H and O–H groups in total. The zero-order valence-electron chi connectivity index (χ0n) is 8.22. The smallest absolute Gasteiger partial charge is 0.275 e. The van der Waals surface area contributed by atoms with E-state index in [1.54, 1.807) is 42.7 Å². The maximum Gasteiger partial charge on any atom is 0.275 e. The number of aromatic nitrogens is 2. The number of carbonyl (C=O) groups excluding carboxylic acids is 1. The molecule has 2 rings (SSSR count). The van der Waals surface area contributed by atoms with Crippen LogP contribution in [0.4, 0.5) is 5.82 Å². The van der Waals surface area contributed by atoms with Gasteiger partial charge in [0.15, 0.2) is 0 Å². The highest BCUT2D eigenvalue weighted by Gasteiger charge is 2.06. The second kappa shape index (κ2) is 4.85. The van der Waals surface area contributed by atoms with Crippen LogP contribution in [0.5, 0.6) is 0 Å². The van der Waals surface area contributed by atoms with Crippen LogP contribution in [0.25, 0.3) is 0 Å². The van der Waals surface area contributed by atoms with Crippen LogP contribution in [0.1, 0.15) is 10.5 Å². The van der Waals surface area contributed by atoms with E-state index in [4.69, 9.17) is 0 Å². The quantitative estimate of drug-likeness (QED) is 0.918. The van der Waals surface area contributed by atoms with Crippen molar-refractivity contribution in [2.75, 3.05) is 5.32 Å². The molecule has 0 bridgehead atoms. The molecule has 0 aliphatic carbocycles. The van der Waals surface area contributed by atoms with Crippen molar-refractivity contribution in [2.45, 2.75) is 0 Å². The zero-order valence-corrected chi connectivity index (χ0v) is 9.81. The van der Waals surface area contributed by atoms with Gasteiger partial charge in [-0.05, 0) is 40.2 Å². The van der Waals surface area contributed by atoms with Crippen LogP contribution in [0.15, 0.2) is 47.2 Å². The highest BCUT2D eigenvalue weighted by molar-refractivity contribution is 9.10. The molecule has 0 saturated heterocycles. The Morgan fingerprint density at radius 1 is 1.19 bits per heavy atom. The predicted octanol–water partition coefficient (Wildman–Crippen LogP) is 2.49. The number of rotatable bonds is 2. The van der Waals surface area contributed by atoms with Crippen molar-refractivity contribution >= 4 is 27.7 Å². The molecule has 0 aliphatic rings. The lowest BCUT2D eigenvalue weighted by molar-refractivity contribution is 0.102. The van der Waals surface area contributed by atoms with Crippen molar-refractivity contribution in [3.05, 3.63) is 52.9 Å². The molecule has 0 aliphatic heterocycles. The third-order valence-electron chi connectivity index (χ3n) is 1.87. The maximum atomic E-state index is 11.7. The summed E-state index contributed by atoms with van der Waals surface area (Å²) in [6, 6.07) is 8.69. The lowest BCUT2D eigenvalue weighted by Gasteiger charge is -2.02. The largest absolute Gasteiger partial charge is 0.305 e. The van der Waals surface area contributed by atoms with Crippen molar-refractivity contribution in [3.63, 3.8) is 0 Å². The molecule has 0 fully saturated rings. The molecule has 2 heterocycles. The number of nitrogens with one attached hydrogen (secondary N) is 1. The molecule has 0 aromatic carbocycles. The predicted molar refractivity (Wildman–Crippen MR) is 64.1 cm³/mol. The van der Waals surface area contributed by atoms with E-state index in [1.165, 1.54) is 0 Å². The van der Waals surface area contributed by atoms with E-state index >= 15 is 0 Å². The van der Waals surface area contributed by atoms with E-state index in [9.17, 15) is 4.79 Å². The van der Waals surface area contributed by atoms with Gasteiger partial charge in [0.25, 0.3) is 5.91 Å². The summed E-state index contributed by atoms with van der Waals surface area (Å²) in [6.07, 6.45) is 3.19. The molecular formula is C11H8BrN3O. The van der Waals surface area contributed by atoms with Crippen LogP contribution >= 0.6 is 15.9 Å². The SMILES string of the molecule is O=C(Nc1ccc(Br)cn1)c1ccccn1. The van der Waals surface area contributed by atoms with Gasteiger partial charge in [0.1, 0.15) is 11.5 Å². The third kappa shape index (κ3) is 2.64. The molecular weight excluding hydrogens is 270 g/mol. The molecule has 0 saturated carbocycles. The number of pyridine rings is 2. The Kier molecular flexibility index (Phi) is 3.26. The fourth-order valence-electron chi connectivity index (χ4n) is 1.13. The van der Waals surface area contributed by atoms with E-state index in [2.05, 4.69) is 31.2 Å². The number of nitrogens with zero attached hydrogens (tertiary/aromatic N) is 2. The summed E-state index contributed by atoms with van der Waals surface area (Å²) in [7, 11) is 0. The van der Waals surface area contributed by atoms with Crippen molar-refractivity contribution in [3.8, 4) is 0 Å². The molecule has 2 aromatic heterocycles. The van der Waals surface area contributed by atoms with Crippen LogP contribution < -0.4 is 5.32 Å². The van der Waals surface area contributed by atoms with Crippen LogP contribution in [-0.4, -0.2) is 15.9 Å². The average Bonchev–Trinajstić information content (AvgIpc) is 2.33. The third-order valence-corrected chi connectivity index (χ3v) is 2.34. The number of carbonyl (C=O) groups is 1. The minimum absolute atomic E-state index is 0.268. The first-order valence-electron chi connectivity index (χ1n) is 4.59. The lowest BCUT2D eigenvalue weighted by Crippen LogP contribution is -2.14. The monoisotopic (exact) mass is 277 g/mol. The fourth-order valence-corrected chi connectivity index (χ4v) is 1.36. The first-order chi connectivity index (χ1) is 7.75. The van der Waals surface area contributed by atoms with Crippen LogP contribution in [-0.2, 0) is 0 Å². The van der Waals surface area contributed by atoms with E-state index in [-0.39, 0.29) is 5.91 Å². The van der Waals surface area contributed by atoms with Gasteiger partial charge in [-0.2, -0.15) is 0 Å². The van der Waals surface area contributed by atoms with Crippen LogP contribution in [0, 0.1) is 0 Å². The van der Waals surface area contributed by atoms with E-state index in [1.807, 2.05) is 0 Å². The lowest BCUT2D eigenvalue weighted by atomic mass is 10.3. The number of hydrogen-bond donors (Lipinski definition) is 1. The Balaban J connectivity index is 2.11. The van der Waals surface area contributed by atoms with Crippen molar-refractivity contribution < 1.29 is 4.79 Å². The van der Waals surface area contributed by atoms with Gasteiger partial charge in [-0.15, -0.1) is 0 Å². The van der Waals surface area contributed by atoms with Gasteiger partial charge in [0.05, 0.1) is 0 Å². The summed E-state index contributed by atoms with van der Waals surface area (Å²) in [6.45, 7) is 0. The second-order valence-corrected chi connectivity index (χ2v) is 3.95. The Morgan fingerprint density at radius 2 is 2.06 bits per heavy atom. The van der Waals surface area contributed by atoms with Gasteiger partial charge in [0, 0.05) is 16.9 Å². The van der Waals surface area contributed by atoms with Gasteiger partial charge < -0.3 is 5.32 Å². The topological polar surface area (TPSA) is 54.9 Å². The summed E-state index contributed by atoms with van der Waals surface area (Å²) in [5.74, 6) is 0.231. The summed E-state index contributed by atoms with van der Waals surface area (Å²) in [5, 5.41) is 2.65. The number of hydrogen-bond acceptors (Lipinski definition) is 3. The Morgan fingerprint density at radius 3 is 2.69 bits per heavy atom. The first-order valence-corrected chi connectivity index (χ1v) is 5.39. The zero-order chi connectivity index (χ0) is 11.4.